The molecule has 4 saturated heterocycles. The second-order valence-corrected chi connectivity index (χ2v) is 17.3. The van der Waals surface area contributed by atoms with E-state index in [-0.39, 0.29) is 0 Å². The van der Waals surface area contributed by atoms with Gasteiger partial charge in [0.15, 0.2) is 13.2 Å². The SMILES string of the molecule is O=C(OC(C(F)(F)F)C(F)(F)F)C1COS(=O)(=O)O1.O=C(OCC(F)(F)C(F)(F)C(F)(F)F)C1COS(=O)(=O)O1.O=C(OCC(F)(F)C(F)(F)F)C1COS(=O)(=O)O1.O=C(OCC=C(F)F)C1COS(=O)(=O)O1. The van der Waals surface area contributed by atoms with Gasteiger partial charge in [-0.1, -0.05) is 0 Å². The van der Waals surface area contributed by atoms with Crippen molar-refractivity contribution in [1.29, 1.82) is 0 Å². The van der Waals surface area contributed by atoms with Crippen LogP contribution in [0, 0.1) is 0 Å². The van der Waals surface area contributed by atoms with Gasteiger partial charge in [-0.05, 0) is 0 Å². The lowest BCUT2D eigenvalue weighted by Gasteiger charge is -2.27. The summed E-state index contributed by atoms with van der Waals surface area (Å²) < 4.78 is 371. The summed E-state index contributed by atoms with van der Waals surface area (Å²) in [5, 5.41) is 0. The van der Waals surface area contributed by atoms with Gasteiger partial charge in [0, 0.05) is 6.08 Å². The van der Waals surface area contributed by atoms with Crippen molar-refractivity contribution in [3.8, 4) is 0 Å². The second kappa shape index (κ2) is 24.1. The molecule has 4 heterocycles. The minimum atomic E-state index is -6.57. The zero-order valence-electron chi connectivity index (χ0n) is 33.4. The first kappa shape index (κ1) is 66.7. The molecule has 4 atom stereocenters. The molecule has 73 heavy (non-hydrogen) atoms. The lowest BCUT2D eigenvalue weighted by molar-refractivity contribution is -0.360. The van der Waals surface area contributed by atoms with Crippen molar-refractivity contribution in [2.75, 3.05) is 46.2 Å². The van der Waals surface area contributed by atoms with Crippen LogP contribution < -0.4 is 0 Å². The van der Waals surface area contributed by atoms with Crippen LogP contribution in [0.15, 0.2) is 12.2 Å². The van der Waals surface area contributed by atoms with Crippen LogP contribution in [-0.4, -0.2) is 177 Å². The summed E-state index contributed by atoms with van der Waals surface area (Å²) >= 11 is 0. The number of carbonyl (C=O) groups excluding carboxylic acids is 4. The molecular formula is C25H20F20O24S4. The standard InChI is InChI=1S/C7H5F7O6S.C6H4F6O6S.C6H5F5O6S.C6H6F2O6S/c8-5(9,6(10,11)7(12,13)14)2-18-4(15)3-1-19-21(16,17)20-3;7-5(8,9)4(6(10,11)12)17-3(13)2-1-16-19(14,15)18-2;7-5(8,6(9,10)11)2-15-4(12)3-1-16-18(13,14)17-3;7-5(8)1-2-12-6(9)4-3-13-15(10,11)14-4/h3H,1-2H2;2,4H,1H2;3H,1-2H2;1,4H,2-3H2. The Hall–Kier alpha value is -4.30. The molecule has 0 N–H and O–H groups in total. The molecule has 0 spiro atoms. The van der Waals surface area contributed by atoms with E-state index >= 15 is 0 Å². The number of ether oxygens (including phenoxy) is 4. The van der Waals surface area contributed by atoms with Crippen LogP contribution in [-0.2, 0) is 113 Å². The van der Waals surface area contributed by atoms with Gasteiger partial charge in [-0.15, -0.1) is 0 Å². The summed E-state index contributed by atoms with van der Waals surface area (Å²) in [6.45, 7) is -8.96. The third-order valence-corrected chi connectivity index (χ3v) is 10.3. The predicted molar refractivity (Wildman–Crippen MR) is 171 cm³/mol. The molecule has 0 aromatic carbocycles. The number of rotatable bonds is 12. The van der Waals surface area contributed by atoms with E-state index in [2.05, 4.69) is 52.4 Å². The maximum absolute atomic E-state index is 12.8. The number of alkyl halides is 18. The predicted octanol–water partition coefficient (Wildman–Crippen LogP) is 2.06. The zero-order chi connectivity index (χ0) is 57.4. The monoisotopic (exact) mass is 1210 g/mol. The van der Waals surface area contributed by atoms with Crippen molar-refractivity contribution in [3.05, 3.63) is 12.2 Å². The molecule has 4 rings (SSSR count). The van der Waals surface area contributed by atoms with Crippen LogP contribution >= 0.6 is 0 Å². The molecule has 0 aromatic heterocycles. The van der Waals surface area contributed by atoms with Crippen LogP contribution in [0.25, 0.3) is 0 Å². The third-order valence-electron chi connectivity index (χ3n) is 6.76. The Morgan fingerprint density at radius 1 is 0.452 bits per heavy atom. The van der Waals surface area contributed by atoms with Crippen LogP contribution in [0.3, 0.4) is 0 Å². The lowest BCUT2D eigenvalue weighted by Crippen LogP contribution is -2.54. The van der Waals surface area contributed by atoms with Crippen molar-refractivity contribution >= 4 is 65.5 Å². The van der Waals surface area contributed by atoms with Gasteiger partial charge in [0.05, 0.1) is 0 Å². The van der Waals surface area contributed by atoms with Gasteiger partial charge >= 0.3 is 108 Å². The summed E-state index contributed by atoms with van der Waals surface area (Å²) in [4.78, 5) is 43.8. The molecule has 0 radical (unpaired) electrons. The number of esters is 4. The first-order chi connectivity index (χ1) is 32.4. The fraction of sp³-hybridized carbons (Fsp3) is 0.760. The Morgan fingerprint density at radius 2 is 0.740 bits per heavy atom. The Labute approximate surface area is 389 Å². The number of hydrogen-bond donors (Lipinski definition) is 0. The highest BCUT2D eigenvalue weighted by Crippen LogP contribution is 2.46. The fourth-order valence-corrected chi connectivity index (χ4v) is 6.54. The van der Waals surface area contributed by atoms with Crippen LogP contribution in [0.1, 0.15) is 0 Å². The summed E-state index contributed by atoms with van der Waals surface area (Å²) in [5.74, 6) is -24.2. The van der Waals surface area contributed by atoms with Crippen LogP contribution in [0.4, 0.5) is 87.8 Å². The highest BCUT2D eigenvalue weighted by Gasteiger charge is 2.73. The normalized spacial score (nSPS) is 23.5. The highest BCUT2D eigenvalue weighted by atomic mass is 32.3. The molecule has 48 heteroatoms. The summed E-state index contributed by atoms with van der Waals surface area (Å²) in [7, 11) is -17.8. The molecule has 24 nitrogen and oxygen atoms in total. The average Bonchev–Trinajstić information content (AvgIpc) is 3.97. The molecule has 0 amide bonds. The van der Waals surface area contributed by atoms with Gasteiger partial charge in [-0.3, -0.25) is 0 Å². The number of carbonyl (C=O) groups is 4. The van der Waals surface area contributed by atoms with Crippen molar-refractivity contribution in [3.63, 3.8) is 0 Å². The quantitative estimate of drug-likeness (QED) is 0.153. The molecule has 428 valence electrons. The Kier molecular flexibility index (Phi) is 22.1. The first-order valence-electron chi connectivity index (χ1n) is 16.8. The van der Waals surface area contributed by atoms with Crippen molar-refractivity contribution in [2.45, 2.75) is 73.0 Å². The lowest BCUT2D eigenvalue weighted by atomic mass is 10.2. The van der Waals surface area contributed by atoms with E-state index in [0.717, 1.165) is 0 Å². The topological polar surface area (TPSA) is 316 Å². The van der Waals surface area contributed by atoms with E-state index in [1.165, 1.54) is 0 Å². The molecule has 0 aliphatic carbocycles. The van der Waals surface area contributed by atoms with E-state index < -0.39 is 191 Å². The molecule has 4 aliphatic rings. The number of halogens is 20. The fourth-order valence-electron chi connectivity index (χ4n) is 3.48. The Morgan fingerprint density at radius 3 is 0.986 bits per heavy atom. The minimum Gasteiger partial charge on any atom is -0.459 e. The molecule has 4 fully saturated rings. The summed E-state index contributed by atoms with van der Waals surface area (Å²) in [6, 6.07) is 0. The average molecular weight is 1210 g/mol. The van der Waals surface area contributed by atoms with Crippen LogP contribution in [0.5, 0.6) is 0 Å². The third kappa shape index (κ3) is 21.5. The van der Waals surface area contributed by atoms with Gasteiger partial charge < -0.3 is 18.9 Å². The van der Waals surface area contributed by atoms with Gasteiger partial charge in [0.25, 0.3) is 12.2 Å². The smallest absolute Gasteiger partial charge is 0.459 e. The maximum atomic E-state index is 12.8. The Bertz CT molecular complexity index is 2420. The maximum Gasteiger partial charge on any atom is 0.460 e. The molecule has 0 bridgehead atoms. The van der Waals surface area contributed by atoms with Gasteiger partial charge in [-0.2, -0.15) is 121 Å². The molecular weight excluding hydrogens is 1190 g/mol. The van der Waals surface area contributed by atoms with E-state index in [0.29, 0.717) is 6.08 Å². The molecule has 0 saturated carbocycles. The van der Waals surface area contributed by atoms with Gasteiger partial charge in [-0.25, -0.2) is 52.6 Å². The number of hydrogen-bond acceptors (Lipinski definition) is 24. The molecule has 4 unspecified atom stereocenters. The highest BCUT2D eigenvalue weighted by molar-refractivity contribution is 7.82. The Balaban J connectivity index is 0.000000490. The van der Waals surface area contributed by atoms with E-state index in [4.69, 9.17) is 0 Å². The van der Waals surface area contributed by atoms with E-state index in [1.54, 1.807) is 0 Å². The second-order valence-electron chi connectivity index (χ2n) is 12.3. The van der Waals surface area contributed by atoms with Crippen molar-refractivity contribution in [2.24, 2.45) is 0 Å². The van der Waals surface area contributed by atoms with Gasteiger partial charge in [0.2, 0.25) is 24.4 Å². The van der Waals surface area contributed by atoms with Crippen molar-refractivity contribution in [1.82, 2.24) is 0 Å². The molecule has 4 aliphatic heterocycles. The summed E-state index contributed by atoms with van der Waals surface area (Å²) in [5.41, 5.74) is 0. The summed E-state index contributed by atoms with van der Waals surface area (Å²) in [6.07, 6.45) is -37.8. The zero-order valence-corrected chi connectivity index (χ0v) is 36.7. The van der Waals surface area contributed by atoms with Crippen LogP contribution in [0.2, 0.25) is 0 Å². The van der Waals surface area contributed by atoms with E-state index in [9.17, 15) is 141 Å². The van der Waals surface area contributed by atoms with Gasteiger partial charge in [0.1, 0.15) is 33.0 Å². The minimum absolute atomic E-state index is 0.363. The molecule has 0 aromatic rings. The largest absolute Gasteiger partial charge is 0.460 e. The van der Waals surface area contributed by atoms with Crippen molar-refractivity contribution < 1.29 is 193 Å². The van der Waals surface area contributed by atoms with E-state index in [1.807, 2.05) is 0 Å². The first-order valence-corrected chi connectivity index (χ1v) is 22.1.